The van der Waals surface area contributed by atoms with E-state index < -0.39 is 23.3 Å². The first-order valence-corrected chi connectivity index (χ1v) is 12.0. The zero-order valence-electron chi connectivity index (χ0n) is 16.3. The third-order valence-corrected chi connectivity index (χ3v) is 6.26. The Labute approximate surface area is 183 Å². The van der Waals surface area contributed by atoms with Crippen LogP contribution < -0.4 is 14.4 Å². The van der Waals surface area contributed by atoms with Crippen molar-refractivity contribution in [3.8, 4) is 5.75 Å². The first-order valence-electron chi connectivity index (χ1n) is 8.68. The van der Waals surface area contributed by atoms with Crippen molar-refractivity contribution >= 4 is 54.1 Å². The molecule has 1 aliphatic rings. The lowest BCUT2D eigenvalue weighted by Gasteiger charge is -2.36. The number of amides is 1. The Kier molecular flexibility index (Phi) is 7.24. The van der Waals surface area contributed by atoms with Crippen molar-refractivity contribution in [1.82, 2.24) is 0 Å². The van der Waals surface area contributed by atoms with Crippen LogP contribution >= 0.6 is 30.3 Å². The van der Waals surface area contributed by atoms with E-state index in [2.05, 4.69) is 31.3 Å². The fraction of sp³-hybridized carbons (Fsp3) is 0.556. The lowest BCUT2D eigenvalue weighted by Crippen LogP contribution is -2.44. The standard InChI is InChI=1S/C18H22F3IN2O4S/c1-16(2,10-25)8-12-9-24(29-22)13-7-11(5-6-14(13)27-12)23-15(26)28-17(3,4)18(19,20)21/h5-7,10,12H,8-9H2,1-4H3,(H,23,26)/t12-/m0/s1. The number of anilines is 2. The quantitative estimate of drug-likeness (QED) is 0.278. The van der Waals surface area contributed by atoms with E-state index in [1.54, 1.807) is 12.1 Å². The smallest absolute Gasteiger partial charge is 0.427 e. The number of hydrogen-bond acceptors (Lipinski definition) is 6. The normalized spacial score (nSPS) is 17.2. The van der Waals surface area contributed by atoms with Gasteiger partial charge in [0.15, 0.2) is 0 Å². The number of nitrogens with zero attached hydrogens (tertiary/aromatic N) is 1. The van der Waals surface area contributed by atoms with Gasteiger partial charge in [-0.3, -0.25) is 5.32 Å². The topological polar surface area (TPSA) is 67.9 Å². The van der Waals surface area contributed by atoms with Crippen molar-refractivity contribution < 1.29 is 32.2 Å². The van der Waals surface area contributed by atoms with E-state index in [0.717, 1.165) is 20.1 Å². The van der Waals surface area contributed by atoms with Crippen LogP contribution in [0.5, 0.6) is 5.75 Å². The van der Waals surface area contributed by atoms with Crippen LogP contribution in [0.1, 0.15) is 34.1 Å². The molecule has 1 heterocycles. The van der Waals surface area contributed by atoms with Gasteiger partial charge in [-0.1, -0.05) is 13.8 Å². The first-order chi connectivity index (χ1) is 13.3. The van der Waals surface area contributed by atoms with E-state index in [4.69, 9.17) is 4.74 Å². The Hall–Kier alpha value is -1.37. The molecule has 0 spiro atoms. The number of hydrogen-bond donors (Lipinski definition) is 1. The number of nitrogens with one attached hydrogen (secondary N) is 1. The van der Waals surface area contributed by atoms with E-state index in [0.29, 0.717) is 24.4 Å². The first kappa shape index (κ1) is 23.9. The highest BCUT2D eigenvalue weighted by Crippen LogP contribution is 2.42. The van der Waals surface area contributed by atoms with Crippen molar-refractivity contribution in [3.63, 3.8) is 0 Å². The minimum atomic E-state index is -4.69. The van der Waals surface area contributed by atoms with Crippen molar-refractivity contribution in [3.05, 3.63) is 18.2 Å². The number of aldehydes is 1. The zero-order chi connectivity index (χ0) is 22.0. The summed E-state index contributed by atoms with van der Waals surface area (Å²) in [5, 5.41) is 2.32. The van der Waals surface area contributed by atoms with Gasteiger partial charge in [-0.15, -0.1) is 0 Å². The highest BCUT2D eigenvalue weighted by molar-refractivity contribution is 14.2. The molecule has 162 valence electrons. The summed E-state index contributed by atoms with van der Waals surface area (Å²) in [6, 6.07) is 4.74. The summed E-state index contributed by atoms with van der Waals surface area (Å²) in [6.45, 7) is 5.74. The predicted octanol–water partition coefficient (Wildman–Crippen LogP) is 5.76. The number of ether oxygens (including phenoxy) is 2. The molecule has 29 heavy (non-hydrogen) atoms. The Balaban J connectivity index is 2.14. The Morgan fingerprint density at radius 1 is 1.38 bits per heavy atom. The summed E-state index contributed by atoms with van der Waals surface area (Å²) in [6.07, 6.45) is -4.67. The average molecular weight is 546 g/mol. The lowest BCUT2D eigenvalue weighted by atomic mass is 9.88. The number of carbonyl (C=O) groups excluding carboxylic acids is 2. The number of benzene rings is 1. The molecule has 1 aromatic rings. The predicted molar refractivity (Wildman–Crippen MR) is 115 cm³/mol. The minimum absolute atomic E-state index is 0.207. The molecule has 1 aliphatic heterocycles. The van der Waals surface area contributed by atoms with E-state index in [1.807, 2.05) is 18.2 Å². The molecule has 0 aliphatic carbocycles. The minimum Gasteiger partial charge on any atom is -0.486 e. The molecule has 0 bridgehead atoms. The third kappa shape index (κ3) is 6.06. The molecule has 0 aromatic heterocycles. The highest BCUT2D eigenvalue weighted by atomic mass is 127. The van der Waals surface area contributed by atoms with Gasteiger partial charge >= 0.3 is 12.3 Å². The van der Waals surface area contributed by atoms with Crippen LogP contribution in [0.25, 0.3) is 0 Å². The summed E-state index contributed by atoms with van der Waals surface area (Å²) in [7, 11) is 1.41. The van der Waals surface area contributed by atoms with Gasteiger partial charge in [-0.05, 0) is 38.5 Å². The second kappa shape index (κ2) is 8.78. The maximum Gasteiger partial charge on any atom is 0.427 e. The fourth-order valence-corrected chi connectivity index (χ4v) is 4.19. The van der Waals surface area contributed by atoms with Gasteiger partial charge in [0.05, 0.1) is 12.2 Å². The summed E-state index contributed by atoms with van der Waals surface area (Å²) in [5.74, 6) is 0.557. The number of rotatable bonds is 6. The fourth-order valence-electron chi connectivity index (χ4n) is 2.63. The van der Waals surface area contributed by atoms with E-state index in [1.165, 1.54) is 15.2 Å². The SMILES string of the molecule is CC(C)(C=O)C[C@H]1CN(SI)c2cc(NC(=O)OC(C)(C)C(F)(F)F)ccc2O1. The molecule has 11 heteroatoms. The van der Waals surface area contributed by atoms with Gasteiger partial charge in [0.1, 0.15) is 18.1 Å². The highest BCUT2D eigenvalue weighted by Gasteiger charge is 2.51. The monoisotopic (exact) mass is 546 g/mol. The summed E-state index contributed by atoms with van der Waals surface area (Å²) in [5.41, 5.74) is -2.20. The van der Waals surface area contributed by atoms with Gasteiger partial charge in [0, 0.05) is 41.4 Å². The average Bonchev–Trinajstić information content (AvgIpc) is 2.59. The van der Waals surface area contributed by atoms with Gasteiger partial charge in [0.25, 0.3) is 0 Å². The third-order valence-electron chi connectivity index (χ3n) is 4.32. The Morgan fingerprint density at radius 3 is 2.59 bits per heavy atom. The molecule has 2 rings (SSSR count). The molecule has 0 saturated carbocycles. The van der Waals surface area contributed by atoms with Gasteiger partial charge in [0.2, 0.25) is 5.60 Å². The van der Waals surface area contributed by atoms with Crippen LogP contribution in [0.2, 0.25) is 0 Å². The molecule has 0 radical (unpaired) electrons. The van der Waals surface area contributed by atoms with Gasteiger partial charge < -0.3 is 18.6 Å². The van der Waals surface area contributed by atoms with Crippen LogP contribution in [-0.4, -0.2) is 36.8 Å². The van der Waals surface area contributed by atoms with E-state index in [-0.39, 0.29) is 11.8 Å². The molecule has 0 fully saturated rings. The second-order valence-corrected chi connectivity index (χ2v) is 9.65. The maximum atomic E-state index is 12.9. The van der Waals surface area contributed by atoms with Crippen LogP contribution in [0.4, 0.5) is 29.3 Å². The number of alkyl halides is 3. The number of carbonyl (C=O) groups is 2. The zero-order valence-corrected chi connectivity index (χ0v) is 19.3. The van der Waals surface area contributed by atoms with E-state index >= 15 is 0 Å². The summed E-state index contributed by atoms with van der Waals surface area (Å²) >= 11 is 2.10. The van der Waals surface area contributed by atoms with Crippen LogP contribution in [0.15, 0.2) is 18.2 Å². The molecule has 1 amide bonds. The molecule has 1 N–H and O–H groups in total. The lowest BCUT2D eigenvalue weighted by molar-refractivity contribution is -0.242. The molecule has 6 nitrogen and oxygen atoms in total. The van der Waals surface area contributed by atoms with Crippen LogP contribution in [0.3, 0.4) is 0 Å². The van der Waals surface area contributed by atoms with Gasteiger partial charge in [-0.2, -0.15) is 13.2 Å². The second-order valence-electron chi connectivity index (χ2n) is 7.89. The van der Waals surface area contributed by atoms with E-state index in [9.17, 15) is 22.8 Å². The number of fused-ring (bicyclic) bond motifs is 1. The summed E-state index contributed by atoms with van der Waals surface area (Å²) in [4.78, 5) is 23.1. The largest absolute Gasteiger partial charge is 0.486 e. The molecule has 0 unspecified atom stereocenters. The Bertz CT molecular complexity index is 774. The van der Waals surface area contributed by atoms with Gasteiger partial charge in [-0.25, -0.2) is 4.79 Å². The van der Waals surface area contributed by atoms with Crippen molar-refractivity contribution in [2.24, 2.45) is 5.41 Å². The molecule has 0 saturated heterocycles. The molecular formula is C18H22F3IN2O4S. The Morgan fingerprint density at radius 2 is 2.03 bits per heavy atom. The van der Waals surface area contributed by atoms with Crippen molar-refractivity contribution in [2.75, 3.05) is 16.2 Å². The maximum absolute atomic E-state index is 12.9. The molecule has 1 aromatic carbocycles. The summed E-state index contributed by atoms with van der Waals surface area (Å²) < 4.78 is 51.1. The van der Waals surface area contributed by atoms with Crippen molar-refractivity contribution in [2.45, 2.75) is 52.0 Å². The molecular weight excluding hydrogens is 524 g/mol. The van der Waals surface area contributed by atoms with Crippen molar-refractivity contribution in [1.29, 1.82) is 0 Å². The molecule has 1 atom stereocenters. The van der Waals surface area contributed by atoms with Crippen LogP contribution in [-0.2, 0) is 9.53 Å². The van der Waals surface area contributed by atoms with Crippen LogP contribution in [0, 0.1) is 5.41 Å². The number of halogens is 4.